The van der Waals surface area contributed by atoms with Crippen LogP contribution >= 0.6 is 0 Å². The molecule has 0 bridgehead atoms. The molecule has 0 fully saturated rings. The van der Waals surface area contributed by atoms with Crippen molar-refractivity contribution in [2.24, 2.45) is 0 Å². The van der Waals surface area contributed by atoms with Gasteiger partial charge in [-0.15, -0.1) is 0 Å². The van der Waals surface area contributed by atoms with E-state index < -0.39 is 42.1 Å². The molecular weight excluding hydrogens is 488 g/mol. The first-order valence-corrected chi connectivity index (χ1v) is 15.3. The fourth-order valence-corrected chi connectivity index (χ4v) is 4.58. The van der Waals surface area contributed by atoms with Crippen LogP contribution in [0.5, 0.6) is 0 Å². The van der Waals surface area contributed by atoms with E-state index in [0.717, 1.165) is 44.9 Å². The van der Waals surface area contributed by atoms with E-state index in [4.69, 9.17) is 9.47 Å². The summed E-state index contributed by atoms with van der Waals surface area (Å²) in [7, 11) is 0. The standard InChI is InChI=1S/C30H58O8/c1-5-7-9-11-13-15-16-18-20-22-26(33)38-30(27(34)24(3)31,29(36)37-28(35)25(4)32)23-21-19-17-14-12-10-8-6-2/h24-25,27-28,31-32,34-35H,5-23H2,1-4H3. The van der Waals surface area contributed by atoms with E-state index in [9.17, 15) is 30.0 Å². The molecule has 0 rings (SSSR count). The van der Waals surface area contributed by atoms with Crippen molar-refractivity contribution < 1.29 is 39.5 Å². The maximum atomic E-state index is 13.2. The lowest BCUT2D eigenvalue weighted by Crippen LogP contribution is -2.58. The van der Waals surface area contributed by atoms with Crippen molar-refractivity contribution in [1.29, 1.82) is 0 Å². The molecule has 0 aromatic heterocycles. The van der Waals surface area contributed by atoms with Gasteiger partial charge in [-0.25, -0.2) is 4.79 Å². The van der Waals surface area contributed by atoms with Crippen LogP contribution in [0, 0.1) is 0 Å². The first-order valence-electron chi connectivity index (χ1n) is 15.3. The lowest BCUT2D eigenvalue weighted by Gasteiger charge is -2.37. The van der Waals surface area contributed by atoms with Gasteiger partial charge in [0, 0.05) is 12.8 Å². The summed E-state index contributed by atoms with van der Waals surface area (Å²) in [5.41, 5.74) is -2.16. The van der Waals surface area contributed by atoms with Crippen molar-refractivity contribution in [1.82, 2.24) is 0 Å². The predicted octanol–water partition coefficient (Wildman–Crippen LogP) is 5.70. The maximum Gasteiger partial charge on any atom is 0.355 e. The van der Waals surface area contributed by atoms with E-state index in [1.807, 2.05) is 0 Å². The minimum absolute atomic E-state index is 0.0527. The average molecular weight is 547 g/mol. The van der Waals surface area contributed by atoms with E-state index in [1.165, 1.54) is 65.2 Å². The zero-order chi connectivity index (χ0) is 28.8. The molecule has 0 aliphatic heterocycles. The van der Waals surface area contributed by atoms with Crippen LogP contribution in [0.25, 0.3) is 0 Å². The summed E-state index contributed by atoms with van der Waals surface area (Å²) in [4.78, 5) is 26.0. The molecule has 0 radical (unpaired) electrons. The average Bonchev–Trinajstić information content (AvgIpc) is 2.87. The van der Waals surface area contributed by atoms with Gasteiger partial charge >= 0.3 is 11.9 Å². The maximum absolute atomic E-state index is 13.2. The molecule has 4 N–H and O–H groups in total. The van der Waals surface area contributed by atoms with Crippen LogP contribution in [0.1, 0.15) is 150 Å². The van der Waals surface area contributed by atoms with Gasteiger partial charge in [0.05, 0.1) is 6.10 Å². The second kappa shape index (κ2) is 22.6. The van der Waals surface area contributed by atoms with Gasteiger partial charge in [-0.05, 0) is 26.7 Å². The number of aliphatic hydroxyl groups excluding tert-OH is 4. The van der Waals surface area contributed by atoms with Crippen molar-refractivity contribution in [2.45, 2.75) is 180 Å². The van der Waals surface area contributed by atoms with Crippen molar-refractivity contribution in [2.75, 3.05) is 0 Å². The molecule has 5 atom stereocenters. The largest absolute Gasteiger partial charge is 0.444 e. The Kier molecular flexibility index (Phi) is 21.9. The summed E-state index contributed by atoms with van der Waals surface area (Å²) in [6, 6.07) is 0. The molecule has 38 heavy (non-hydrogen) atoms. The van der Waals surface area contributed by atoms with Crippen LogP contribution in [0.4, 0.5) is 0 Å². The number of rotatable bonds is 25. The van der Waals surface area contributed by atoms with Crippen molar-refractivity contribution >= 4 is 11.9 Å². The Balaban J connectivity index is 5.15. The summed E-state index contributed by atoms with van der Waals surface area (Å²) in [5, 5.41) is 40.6. The number of carbonyl (C=O) groups excluding carboxylic acids is 2. The van der Waals surface area contributed by atoms with E-state index in [-0.39, 0.29) is 12.8 Å². The van der Waals surface area contributed by atoms with Gasteiger partial charge < -0.3 is 29.9 Å². The number of hydrogen-bond donors (Lipinski definition) is 4. The van der Waals surface area contributed by atoms with Crippen LogP contribution in [0.2, 0.25) is 0 Å². The topological polar surface area (TPSA) is 134 Å². The molecule has 8 heteroatoms. The first-order chi connectivity index (χ1) is 18.1. The summed E-state index contributed by atoms with van der Waals surface area (Å²) in [5.74, 6) is -1.82. The van der Waals surface area contributed by atoms with Crippen molar-refractivity contribution in [3.8, 4) is 0 Å². The van der Waals surface area contributed by atoms with E-state index in [2.05, 4.69) is 13.8 Å². The van der Waals surface area contributed by atoms with Gasteiger partial charge in [0.15, 0.2) is 0 Å². The lowest BCUT2D eigenvalue weighted by molar-refractivity contribution is -0.227. The molecular formula is C30H58O8. The monoisotopic (exact) mass is 546 g/mol. The Hall–Kier alpha value is -1.22. The van der Waals surface area contributed by atoms with Gasteiger partial charge in [0.1, 0.15) is 12.2 Å². The Labute approximate surface area is 231 Å². The third-order valence-corrected chi connectivity index (χ3v) is 7.10. The van der Waals surface area contributed by atoms with E-state index in [1.54, 1.807) is 0 Å². The smallest absolute Gasteiger partial charge is 0.355 e. The molecule has 0 aliphatic rings. The van der Waals surface area contributed by atoms with Crippen LogP contribution in [0.15, 0.2) is 0 Å². The number of unbranched alkanes of at least 4 members (excludes halogenated alkanes) is 15. The molecule has 0 heterocycles. The number of ether oxygens (including phenoxy) is 2. The van der Waals surface area contributed by atoms with Gasteiger partial charge in [0.2, 0.25) is 11.9 Å². The number of carbonyl (C=O) groups is 2. The van der Waals surface area contributed by atoms with Gasteiger partial charge in [-0.3, -0.25) is 4.79 Å². The molecule has 226 valence electrons. The lowest BCUT2D eigenvalue weighted by atomic mass is 9.86. The summed E-state index contributed by atoms with van der Waals surface area (Å²) in [6.45, 7) is 6.91. The minimum atomic E-state index is -2.16. The van der Waals surface area contributed by atoms with Crippen LogP contribution in [-0.4, -0.2) is 62.6 Å². The van der Waals surface area contributed by atoms with Crippen molar-refractivity contribution in [3.05, 3.63) is 0 Å². The minimum Gasteiger partial charge on any atom is -0.444 e. The molecule has 0 aliphatic carbocycles. The Morgan fingerprint density at radius 2 is 1.05 bits per heavy atom. The quantitative estimate of drug-likeness (QED) is 0.0650. The van der Waals surface area contributed by atoms with Crippen LogP contribution < -0.4 is 0 Å². The highest BCUT2D eigenvalue weighted by Crippen LogP contribution is 2.30. The highest BCUT2D eigenvalue weighted by Gasteiger charge is 2.52. The Morgan fingerprint density at radius 1 is 0.632 bits per heavy atom. The summed E-state index contributed by atoms with van der Waals surface area (Å²) < 4.78 is 10.6. The Morgan fingerprint density at radius 3 is 1.47 bits per heavy atom. The predicted molar refractivity (Wildman–Crippen MR) is 149 cm³/mol. The van der Waals surface area contributed by atoms with Gasteiger partial charge in [0.25, 0.3) is 0 Å². The van der Waals surface area contributed by atoms with Gasteiger partial charge in [-0.2, -0.15) is 0 Å². The van der Waals surface area contributed by atoms with E-state index in [0.29, 0.717) is 12.8 Å². The molecule has 0 spiro atoms. The molecule has 0 aromatic carbocycles. The third kappa shape index (κ3) is 16.0. The van der Waals surface area contributed by atoms with Crippen molar-refractivity contribution in [3.63, 3.8) is 0 Å². The third-order valence-electron chi connectivity index (χ3n) is 7.10. The fourth-order valence-electron chi connectivity index (χ4n) is 4.58. The summed E-state index contributed by atoms with van der Waals surface area (Å²) >= 11 is 0. The second-order valence-electron chi connectivity index (χ2n) is 10.9. The number of esters is 2. The second-order valence-corrected chi connectivity index (χ2v) is 10.9. The molecule has 8 nitrogen and oxygen atoms in total. The van der Waals surface area contributed by atoms with Crippen LogP contribution in [0.3, 0.4) is 0 Å². The number of aliphatic hydroxyl groups is 4. The molecule has 0 saturated carbocycles. The highest BCUT2D eigenvalue weighted by molar-refractivity contribution is 5.84. The van der Waals surface area contributed by atoms with E-state index >= 15 is 0 Å². The zero-order valence-corrected chi connectivity index (χ0v) is 24.7. The van der Waals surface area contributed by atoms with Gasteiger partial charge in [-0.1, -0.05) is 110 Å². The fraction of sp³-hybridized carbons (Fsp3) is 0.933. The Bertz CT molecular complexity index is 595. The summed E-state index contributed by atoms with van der Waals surface area (Å²) in [6.07, 6.45) is 11.3. The zero-order valence-electron chi connectivity index (χ0n) is 24.7. The molecule has 0 amide bonds. The first kappa shape index (κ1) is 36.8. The van der Waals surface area contributed by atoms with Crippen LogP contribution in [-0.2, 0) is 19.1 Å². The number of hydrogen-bond acceptors (Lipinski definition) is 8. The molecule has 5 unspecified atom stereocenters. The molecule has 0 saturated heterocycles. The molecule has 0 aromatic rings. The normalized spacial score (nSPS) is 16.3. The SMILES string of the molecule is CCCCCCCCCCCC(=O)OC(CCCCCCCCCC)(C(=O)OC(O)C(C)O)C(O)C(C)O. The highest BCUT2D eigenvalue weighted by atomic mass is 16.7.